The molecule has 1 fully saturated rings. The summed E-state index contributed by atoms with van der Waals surface area (Å²) >= 11 is 0. The van der Waals surface area contributed by atoms with Gasteiger partial charge in [-0.2, -0.15) is 0 Å². The van der Waals surface area contributed by atoms with E-state index in [0.29, 0.717) is 34.9 Å². The van der Waals surface area contributed by atoms with E-state index in [1.807, 2.05) is 55.5 Å². The van der Waals surface area contributed by atoms with Crippen molar-refractivity contribution in [3.8, 4) is 11.3 Å². The molecule has 0 aliphatic carbocycles. The van der Waals surface area contributed by atoms with E-state index >= 15 is 0 Å². The molecule has 228 valence electrons. The number of piperazine rings is 1. The second-order valence-corrected chi connectivity index (χ2v) is 12.6. The van der Waals surface area contributed by atoms with E-state index < -0.39 is 0 Å². The van der Waals surface area contributed by atoms with E-state index in [0.717, 1.165) is 60.5 Å². The largest absolute Gasteiger partial charge is 0.372 e. The van der Waals surface area contributed by atoms with Crippen LogP contribution in [0.3, 0.4) is 0 Å². The molecular weight excluding hydrogens is 548 g/mol. The molecule has 0 saturated carbocycles. The van der Waals surface area contributed by atoms with Crippen molar-refractivity contribution in [2.45, 2.75) is 46.2 Å². The molecular formula is C36H42N6O2. The third-order valence-electron chi connectivity index (χ3n) is 8.05. The first-order valence-corrected chi connectivity index (χ1v) is 15.1. The van der Waals surface area contributed by atoms with E-state index in [1.165, 1.54) is 0 Å². The quantitative estimate of drug-likeness (QED) is 0.223. The Balaban J connectivity index is 1.33. The van der Waals surface area contributed by atoms with Gasteiger partial charge in [0.15, 0.2) is 5.76 Å². The molecule has 1 aliphatic rings. The van der Waals surface area contributed by atoms with Crippen molar-refractivity contribution >= 4 is 17.3 Å². The van der Waals surface area contributed by atoms with Gasteiger partial charge in [0.2, 0.25) is 0 Å². The highest BCUT2D eigenvalue weighted by molar-refractivity contribution is 6.04. The molecule has 1 saturated heterocycles. The predicted octanol–water partition coefficient (Wildman–Crippen LogP) is 6.26. The van der Waals surface area contributed by atoms with E-state index in [4.69, 9.17) is 4.52 Å². The van der Waals surface area contributed by atoms with Gasteiger partial charge >= 0.3 is 0 Å². The number of likely N-dealkylation sites (N-methyl/N-ethyl adjacent to an activating group) is 1. The molecule has 5 rings (SSSR count). The average molecular weight is 591 g/mol. The molecule has 0 bridgehead atoms. The Bertz CT molecular complexity index is 1660. The lowest BCUT2D eigenvalue weighted by Gasteiger charge is -2.32. The smallest absolute Gasteiger partial charge is 0.255 e. The monoisotopic (exact) mass is 590 g/mol. The normalized spacial score (nSPS) is 14.2. The van der Waals surface area contributed by atoms with Crippen LogP contribution in [0.1, 0.15) is 59.1 Å². The summed E-state index contributed by atoms with van der Waals surface area (Å²) in [5, 5.41) is 10.8. The van der Waals surface area contributed by atoms with Crippen LogP contribution in [0.4, 0.5) is 5.69 Å². The zero-order valence-corrected chi connectivity index (χ0v) is 26.4. The maximum atomic E-state index is 13.6. The zero-order valence-electron chi connectivity index (χ0n) is 26.4. The number of carbonyl (C=O) groups excluding carboxylic acids is 1. The van der Waals surface area contributed by atoms with Crippen LogP contribution in [0.2, 0.25) is 0 Å². The highest BCUT2D eigenvalue weighted by atomic mass is 16.5. The minimum Gasteiger partial charge on any atom is -0.372 e. The zero-order chi connectivity index (χ0) is 31.3. The van der Waals surface area contributed by atoms with Gasteiger partial charge in [-0.3, -0.25) is 14.7 Å². The van der Waals surface area contributed by atoms with Crippen LogP contribution in [0.5, 0.6) is 0 Å². The summed E-state index contributed by atoms with van der Waals surface area (Å²) in [4.78, 5) is 22.5. The van der Waals surface area contributed by atoms with Gasteiger partial charge in [-0.15, -0.1) is 0 Å². The molecule has 1 amide bonds. The van der Waals surface area contributed by atoms with Crippen molar-refractivity contribution in [2.75, 3.05) is 38.5 Å². The number of nitrogens with zero attached hydrogens (tertiary/aromatic N) is 4. The molecule has 2 aromatic heterocycles. The molecule has 0 unspecified atom stereocenters. The number of aromatic nitrogens is 2. The maximum absolute atomic E-state index is 13.6. The van der Waals surface area contributed by atoms with Crippen molar-refractivity contribution < 1.29 is 9.32 Å². The van der Waals surface area contributed by atoms with E-state index in [2.05, 4.69) is 76.8 Å². The lowest BCUT2D eigenvalue weighted by molar-refractivity contribution is 0.102. The number of nitrogens with one attached hydrogen (secondary N) is 2. The third kappa shape index (κ3) is 7.71. The van der Waals surface area contributed by atoms with Crippen LogP contribution in [0, 0.1) is 6.92 Å². The molecule has 2 N–H and O–H groups in total. The van der Waals surface area contributed by atoms with Crippen molar-refractivity contribution in [3.05, 3.63) is 113 Å². The predicted molar refractivity (Wildman–Crippen MR) is 176 cm³/mol. The van der Waals surface area contributed by atoms with E-state index in [9.17, 15) is 4.79 Å². The fourth-order valence-corrected chi connectivity index (χ4v) is 5.24. The Kier molecular flexibility index (Phi) is 9.45. The highest BCUT2D eigenvalue weighted by Gasteiger charge is 2.21. The topological polar surface area (TPSA) is 86.5 Å². The second kappa shape index (κ2) is 13.4. The summed E-state index contributed by atoms with van der Waals surface area (Å²) < 4.78 is 5.67. The lowest BCUT2D eigenvalue weighted by atomic mass is 9.85. The lowest BCUT2D eigenvalue weighted by Crippen LogP contribution is -2.43. The molecule has 1 aliphatic heterocycles. The molecule has 8 heteroatoms. The SMILES string of the molecule is C=C=C(NCc1ccncc1)c1cc(-c2cc(NC(=O)c3cc(CN4CCN(C)CC4)cc(C(C)(C)C)c3)ccc2C)no1. The summed E-state index contributed by atoms with van der Waals surface area (Å²) in [5.74, 6) is 0.397. The molecule has 3 heterocycles. The number of rotatable bonds is 9. The van der Waals surface area contributed by atoms with Crippen LogP contribution < -0.4 is 10.6 Å². The van der Waals surface area contributed by atoms with Crippen LogP contribution >= 0.6 is 0 Å². The molecule has 44 heavy (non-hydrogen) atoms. The maximum Gasteiger partial charge on any atom is 0.255 e. The van der Waals surface area contributed by atoms with Gasteiger partial charge in [-0.1, -0.05) is 50.4 Å². The summed E-state index contributed by atoms with van der Waals surface area (Å²) in [6.07, 6.45) is 3.51. The van der Waals surface area contributed by atoms with Crippen molar-refractivity contribution in [1.29, 1.82) is 0 Å². The Labute approximate surface area is 260 Å². The van der Waals surface area contributed by atoms with E-state index in [-0.39, 0.29) is 11.3 Å². The Hall–Kier alpha value is -4.49. The van der Waals surface area contributed by atoms with Gasteiger partial charge in [-0.25, -0.2) is 0 Å². The number of hydrogen-bond acceptors (Lipinski definition) is 7. The first-order valence-electron chi connectivity index (χ1n) is 15.1. The summed E-state index contributed by atoms with van der Waals surface area (Å²) in [6, 6.07) is 17.9. The fourth-order valence-electron chi connectivity index (χ4n) is 5.24. The van der Waals surface area contributed by atoms with E-state index in [1.54, 1.807) is 12.4 Å². The molecule has 2 aromatic carbocycles. The molecule has 0 atom stereocenters. The van der Waals surface area contributed by atoms with Crippen LogP contribution in [0.25, 0.3) is 17.0 Å². The standard InChI is InChI=1S/C36H42N6O2/c1-7-32(38-23-26-10-12-37-13-11-26)34-22-33(40-44-34)31-21-30(9-8-25(31)2)39-35(43)28-18-27(19-29(20-28)36(3,4)5)24-42-16-14-41(6)15-17-42/h8-13,18-22,38H,1,14-17,23-24H2,2-6H3,(H,39,43). The number of anilines is 1. The number of amides is 1. The molecule has 4 aromatic rings. The number of pyridine rings is 1. The van der Waals surface area contributed by atoms with Gasteiger partial charge in [0.25, 0.3) is 5.91 Å². The fraction of sp³-hybridized carbons (Fsp3) is 0.333. The van der Waals surface area contributed by atoms with Gasteiger partial charge in [-0.05, 0) is 78.0 Å². The number of benzene rings is 2. The Morgan fingerprint density at radius 1 is 1.00 bits per heavy atom. The number of carbonyl (C=O) groups is 1. The third-order valence-corrected chi connectivity index (χ3v) is 8.05. The minimum atomic E-state index is -0.136. The average Bonchev–Trinajstić information content (AvgIpc) is 3.49. The Morgan fingerprint density at radius 3 is 2.45 bits per heavy atom. The van der Waals surface area contributed by atoms with Crippen LogP contribution in [-0.2, 0) is 18.5 Å². The summed E-state index contributed by atoms with van der Waals surface area (Å²) in [6.45, 7) is 18.0. The second-order valence-electron chi connectivity index (χ2n) is 12.6. The first-order chi connectivity index (χ1) is 21.1. The van der Waals surface area contributed by atoms with Gasteiger partial charge in [0.05, 0.1) is 0 Å². The van der Waals surface area contributed by atoms with Crippen LogP contribution in [0.15, 0.2) is 83.8 Å². The van der Waals surface area contributed by atoms with Gasteiger partial charge < -0.3 is 20.1 Å². The van der Waals surface area contributed by atoms with Gasteiger partial charge in [0.1, 0.15) is 11.4 Å². The van der Waals surface area contributed by atoms with Gasteiger partial charge in [0, 0.05) is 74.5 Å². The van der Waals surface area contributed by atoms with Crippen molar-refractivity contribution in [1.82, 2.24) is 25.3 Å². The van der Waals surface area contributed by atoms with Crippen LogP contribution in [-0.4, -0.2) is 59.1 Å². The molecule has 0 radical (unpaired) electrons. The highest BCUT2D eigenvalue weighted by Crippen LogP contribution is 2.29. The summed E-state index contributed by atoms with van der Waals surface area (Å²) in [5.41, 5.74) is 10.7. The minimum absolute atomic E-state index is 0.0826. The van der Waals surface area contributed by atoms with Crippen molar-refractivity contribution in [3.63, 3.8) is 0 Å². The molecule has 8 nitrogen and oxygen atoms in total. The number of aryl methyl sites for hydroxylation is 1. The molecule has 0 spiro atoms. The van der Waals surface area contributed by atoms with Crippen molar-refractivity contribution in [2.24, 2.45) is 0 Å². The Morgan fingerprint density at radius 2 is 1.75 bits per heavy atom. The number of hydrogen-bond donors (Lipinski definition) is 2. The first kappa shape index (κ1) is 31.0. The summed E-state index contributed by atoms with van der Waals surface area (Å²) in [7, 11) is 2.16.